The monoisotopic (exact) mass is 351 g/mol. The van der Waals surface area contributed by atoms with Crippen molar-refractivity contribution in [3.05, 3.63) is 29.8 Å². The number of amides is 1. The number of hydrazine groups is 1. The maximum Gasteiger partial charge on any atom is 0.250 e. The highest BCUT2D eigenvalue weighted by molar-refractivity contribution is 7.80. The molecule has 0 radical (unpaired) electrons. The maximum atomic E-state index is 11.9. The molecule has 0 aromatic heterocycles. The number of rotatable bonds is 5. The molecule has 7 nitrogen and oxygen atoms in total. The first-order valence-electron chi connectivity index (χ1n) is 7.47. The van der Waals surface area contributed by atoms with Crippen molar-refractivity contribution >= 4 is 29.3 Å². The molecular formula is C16H21N3O4S. The molecular weight excluding hydrogens is 330 g/mol. The Morgan fingerprint density at radius 2 is 1.96 bits per heavy atom. The van der Waals surface area contributed by atoms with Crippen molar-refractivity contribution in [2.24, 2.45) is 0 Å². The largest absolute Gasteiger partial charge is 0.493 e. The Kier molecular flexibility index (Phi) is 6.98. The van der Waals surface area contributed by atoms with Gasteiger partial charge in [-0.2, -0.15) is 0 Å². The first-order chi connectivity index (χ1) is 11.6. The number of hydrogen-bond donors (Lipinski definition) is 2. The molecule has 0 aliphatic carbocycles. The van der Waals surface area contributed by atoms with Crippen LogP contribution in [0.4, 0.5) is 0 Å². The molecule has 1 aliphatic rings. The first-order valence-corrected chi connectivity index (χ1v) is 7.87. The molecule has 1 aliphatic heterocycles. The number of nitrogens with one attached hydrogen (secondary N) is 2. The third-order valence-corrected chi connectivity index (χ3v) is 3.54. The summed E-state index contributed by atoms with van der Waals surface area (Å²) in [5.41, 5.74) is 3.78. The lowest BCUT2D eigenvalue weighted by molar-refractivity contribution is -0.115. The number of hydrogen-bond acceptors (Lipinski definition) is 6. The number of ether oxygens (including phenoxy) is 3. The summed E-state index contributed by atoms with van der Waals surface area (Å²) in [6.45, 7) is 2.72. The highest BCUT2D eigenvalue weighted by atomic mass is 32.1. The molecule has 1 aromatic rings. The molecule has 2 N–H and O–H groups in total. The predicted molar refractivity (Wildman–Crippen MR) is 94.8 cm³/mol. The van der Waals surface area contributed by atoms with E-state index in [2.05, 4.69) is 10.7 Å². The van der Waals surface area contributed by atoms with Crippen molar-refractivity contribution in [1.82, 2.24) is 15.8 Å². The zero-order valence-corrected chi connectivity index (χ0v) is 14.5. The molecule has 1 saturated heterocycles. The maximum absolute atomic E-state index is 11.9. The number of carbonyl (C=O) groups excluding carboxylic acids is 1. The van der Waals surface area contributed by atoms with Gasteiger partial charge in [0.2, 0.25) is 5.91 Å². The Bertz CT molecular complexity index is 615. The fourth-order valence-electron chi connectivity index (χ4n) is 2.13. The van der Waals surface area contributed by atoms with E-state index in [-0.39, 0.29) is 11.0 Å². The second kappa shape index (κ2) is 9.21. The predicted octanol–water partition coefficient (Wildman–Crippen LogP) is 0.955. The molecule has 24 heavy (non-hydrogen) atoms. The van der Waals surface area contributed by atoms with Crippen LogP contribution in [0.1, 0.15) is 5.56 Å². The van der Waals surface area contributed by atoms with Gasteiger partial charge in [0.05, 0.1) is 27.4 Å². The van der Waals surface area contributed by atoms with Crippen LogP contribution in [0.5, 0.6) is 11.5 Å². The molecule has 1 fully saturated rings. The third kappa shape index (κ3) is 5.48. The van der Waals surface area contributed by atoms with E-state index >= 15 is 0 Å². The normalized spacial score (nSPS) is 15.1. The van der Waals surface area contributed by atoms with Gasteiger partial charge in [-0.15, -0.1) is 0 Å². The number of carbonyl (C=O) groups is 1. The fourth-order valence-corrected chi connectivity index (χ4v) is 2.36. The number of morpholine rings is 1. The Labute approximate surface area is 146 Å². The van der Waals surface area contributed by atoms with E-state index in [0.29, 0.717) is 24.7 Å². The summed E-state index contributed by atoms with van der Waals surface area (Å²) < 4.78 is 15.6. The van der Waals surface area contributed by atoms with E-state index < -0.39 is 0 Å². The van der Waals surface area contributed by atoms with Gasteiger partial charge in [-0.05, 0) is 36.0 Å². The minimum Gasteiger partial charge on any atom is -0.493 e. The molecule has 0 spiro atoms. The Morgan fingerprint density at radius 1 is 1.25 bits per heavy atom. The summed E-state index contributed by atoms with van der Waals surface area (Å²) in [5.74, 6) is 0.926. The van der Waals surface area contributed by atoms with Crippen LogP contribution in [-0.4, -0.2) is 56.6 Å². The smallest absolute Gasteiger partial charge is 0.250 e. The van der Waals surface area contributed by atoms with E-state index in [0.717, 1.165) is 18.7 Å². The van der Waals surface area contributed by atoms with Crippen LogP contribution in [0.3, 0.4) is 0 Å². The number of nitrogens with zero attached hydrogens (tertiary/aromatic N) is 1. The molecule has 1 amide bonds. The van der Waals surface area contributed by atoms with Gasteiger partial charge in [0.25, 0.3) is 0 Å². The van der Waals surface area contributed by atoms with Crippen LogP contribution >= 0.6 is 12.2 Å². The van der Waals surface area contributed by atoms with Gasteiger partial charge in [0.1, 0.15) is 0 Å². The summed E-state index contributed by atoms with van der Waals surface area (Å²) in [6.07, 6.45) is 3.09. The summed E-state index contributed by atoms with van der Waals surface area (Å²) >= 11 is 5.12. The Morgan fingerprint density at radius 3 is 2.62 bits per heavy atom. The van der Waals surface area contributed by atoms with Crippen LogP contribution in [0.2, 0.25) is 0 Å². The van der Waals surface area contributed by atoms with Gasteiger partial charge >= 0.3 is 0 Å². The average molecular weight is 351 g/mol. The number of thiocarbonyl (C=S) groups is 1. The average Bonchev–Trinajstić information content (AvgIpc) is 2.60. The molecule has 8 heteroatoms. The van der Waals surface area contributed by atoms with Crippen molar-refractivity contribution in [3.8, 4) is 11.5 Å². The van der Waals surface area contributed by atoms with E-state index in [9.17, 15) is 4.79 Å². The van der Waals surface area contributed by atoms with Crippen LogP contribution in [0, 0.1) is 0 Å². The Hall–Kier alpha value is -2.16. The van der Waals surface area contributed by atoms with Gasteiger partial charge in [-0.3, -0.25) is 15.5 Å². The summed E-state index contributed by atoms with van der Waals surface area (Å²) in [4.78, 5) is 11.9. The second-order valence-electron chi connectivity index (χ2n) is 4.98. The Balaban J connectivity index is 1.86. The third-order valence-electron chi connectivity index (χ3n) is 3.34. The van der Waals surface area contributed by atoms with Gasteiger partial charge in [-0.25, -0.2) is 5.01 Å². The van der Waals surface area contributed by atoms with Crippen molar-refractivity contribution in [1.29, 1.82) is 0 Å². The molecule has 0 bridgehead atoms. The fraction of sp³-hybridized carbons (Fsp3) is 0.375. The zero-order valence-electron chi connectivity index (χ0n) is 13.7. The summed E-state index contributed by atoms with van der Waals surface area (Å²) in [7, 11) is 3.14. The molecule has 130 valence electrons. The van der Waals surface area contributed by atoms with E-state index in [1.54, 1.807) is 32.4 Å². The van der Waals surface area contributed by atoms with Crippen LogP contribution in [-0.2, 0) is 9.53 Å². The number of methoxy groups -OCH3 is 2. The van der Waals surface area contributed by atoms with Crippen LogP contribution < -0.4 is 20.2 Å². The van der Waals surface area contributed by atoms with Gasteiger partial charge in [0, 0.05) is 19.2 Å². The lowest BCUT2D eigenvalue weighted by Crippen LogP contribution is -2.52. The lowest BCUT2D eigenvalue weighted by atomic mass is 10.2. The van der Waals surface area contributed by atoms with Crippen LogP contribution in [0.25, 0.3) is 6.08 Å². The highest BCUT2D eigenvalue weighted by Crippen LogP contribution is 2.27. The molecule has 0 atom stereocenters. The van der Waals surface area contributed by atoms with E-state index in [1.807, 2.05) is 11.1 Å². The van der Waals surface area contributed by atoms with Gasteiger partial charge in [-0.1, -0.05) is 6.07 Å². The SMILES string of the molecule is COc1ccc(C=CC(=O)NC(=S)NN2CCOCC2)cc1OC. The lowest BCUT2D eigenvalue weighted by Gasteiger charge is -2.27. The number of benzene rings is 1. The summed E-state index contributed by atoms with van der Waals surface area (Å²) in [5, 5.41) is 4.77. The molecule has 0 unspecified atom stereocenters. The van der Waals surface area contributed by atoms with Crippen LogP contribution in [0.15, 0.2) is 24.3 Å². The van der Waals surface area contributed by atoms with Crippen molar-refractivity contribution in [2.75, 3.05) is 40.5 Å². The highest BCUT2D eigenvalue weighted by Gasteiger charge is 2.11. The van der Waals surface area contributed by atoms with Crippen molar-refractivity contribution in [3.63, 3.8) is 0 Å². The van der Waals surface area contributed by atoms with E-state index in [4.69, 9.17) is 26.4 Å². The quantitative estimate of drug-likeness (QED) is 0.605. The first kappa shape index (κ1) is 18.2. The van der Waals surface area contributed by atoms with Gasteiger partial charge in [0.15, 0.2) is 16.6 Å². The van der Waals surface area contributed by atoms with Crippen molar-refractivity contribution < 1.29 is 19.0 Å². The minimum absolute atomic E-state index is 0.263. The van der Waals surface area contributed by atoms with Gasteiger partial charge < -0.3 is 14.2 Å². The topological polar surface area (TPSA) is 72.1 Å². The molecule has 0 saturated carbocycles. The minimum atomic E-state index is -0.310. The molecule has 2 rings (SSSR count). The van der Waals surface area contributed by atoms with E-state index in [1.165, 1.54) is 6.08 Å². The zero-order chi connectivity index (χ0) is 17.4. The molecule has 1 heterocycles. The van der Waals surface area contributed by atoms with Crippen molar-refractivity contribution in [2.45, 2.75) is 0 Å². The molecule has 1 aromatic carbocycles. The summed E-state index contributed by atoms with van der Waals surface area (Å²) in [6, 6.07) is 5.39. The second-order valence-corrected chi connectivity index (χ2v) is 5.39. The standard InChI is InChI=1S/C16H21N3O4S/c1-21-13-5-3-12(11-14(13)22-2)4-6-15(20)17-16(24)18-19-7-9-23-10-8-19/h3-6,11H,7-10H2,1-2H3,(H2,17,18,20,24).